The minimum Gasteiger partial charge on any atom is -0.750 e. The van der Waals surface area contributed by atoms with Gasteiger partial charge in [0, 0.05) is 0 Å². The van der Waals surface area contributed by atoms with Crippen LogP contribution in [0.25, 0.3) is 0 Å². The third kappa shape index (κ3) is 8.11. The van der Waals surface area contributed by atoms with E-state index in [1.807, 2.05) is 12.2 Å². The van der Waals surface area contributed by atoms with E-state index >= 15 is 0 Å². The lowest BCUT2D eigenvalue weighted by Gasteiger charge is -1.98. The van der Waals surface area contributed by atoms with Crippen LogP contribution in [0.4, 0.5) is 0 Å². The molecule has 0 saturated carbocycles. The van der Waals surface area contributed by atoms with Gasteiger partial charge in [-0.1, -0.05) is 36.4 Å². The Kier molecular flexibility index (Phi) is 8.34. The van der Waals surface area contributed by atoms with E-state index in [-0.39, 0.29) is 0 Å². The highest BCUT2D eigenvalue weighted by Crippen LogP contribution is 2.06. The first-order chi connectivity index (χ1) is 7.60. The summed E-state index contributed by atoms with van der Waals surface area (Å²) in [6.07, 6.45) is 5.74. The topological polar surface area (TPSA) is 60.4 Å². The fourth-order valence-electron chi connectivity index (χ4n) is 1.14. The van der Waals surface area contributed by atoms with E-state index < -0.39 is 11.4 Å². The predicted molar refractivity (Wildman–Crippen MR) is 65.8 cm³/mol. The third-order valence-electron chi connectivity index (χ3n) is 1.78. The van der Waals surface area contributed by atoms with Crippen LogP contribution in [0.1, 0.15) is 11.1 Å². The maximum atomic E-state index is 8.56. The Hall–Kier alpha value is -1.23. The van der Waals surface area contributed by atoms with Crippen molar-refractivity contribution >= 4 is 11.4 Å². The van der Waals surface area contributed by atoms with Crippen molar-refractivity contribution in [3.05, 3.63) is 60.7 Å². The maximum Gasteiger partial charge on any atom is 0.0814 e. The summed E-state index contributed by atoms with van der Waals surface area (Å²) >= 11 is -2.86. The molecule has 0 bridgehead atoms. The summed E-state index contributed by atoms with van der Waals surface area (Å²) < 4.78 is 24.1. The van der Waals surface area contributed by atoms with E-state index in [4.69, 9.17) is 13.3 Å². The molecule has 0 aliphatic rings. The molecule has 1 aromatic carbocycles. The molecule has 0 aliphatic heterocycles. The second-order valence-electron chi connectivity index (χ2n) is 3.02. The van der Waals surface area contributed by atoms with Gasteiger partial charge in [0.05, 0.1) is 11.4 Å². The van der Waals surface area contributed by atoms with Gasteiger partial charge >= 0.3 is 0 Å². The first-order valence-electron chi connectivity index (χ1n) is 4.68. The van der Waals surface area contributed by atoms with Gasteiger partial charge in [-0.25, -0.2) is 4.21 Å². The molecule has 3 nitrogen and oxygen atoms in total. The fraction of sp³-hybridized carbons (Fsp3) is 0.167. The molecule has 1 aromatic rings. The lowest BCUT2D eigenvalue weighted by molar-refractivity contribution is 0.436. The van der Waals surface area contributed by atoms with Crippen LogP contribution in [0.5, 0.6) is 0 Å². The van der Waals surface area contributed by atoms with Crippen LogP contribution < -0.4 is 0 Å². The van der Waals surface area contributed by atoms with E-state index in [0.29, 0.717) is 0 Å². The first kappa shape index (κ1) is 14.8. The van der Waals surface area contributed by atoms with Crippen molar-refractivity contribution < 1.29 is 13.3 Å². The van der Waals surface area contributed by atoms with Crippen molar-refractivity contribution in [3.63, 3.8) is 0 Å². The quantitative estimate of drug-likeness (QED) is 0.648. The van der Waals surface area contributed by atoms with Crippen molar-refractivity contribution in [1.29, 1.82) is 0 Å². The number of hydrogen-bond donors (Lipinski definition) is 1. The normalized spacial score (nSPS) is 10.9. The highest BCUT2D eigenvalue weighted by molar-refractivity contribution is 7.73. The molecular formula is C12H15O3S-. The molecule has 4 heteroatoms. The molecule has 88 valence electrons. The summed E-state index contributed by atoms with van der Waals surface area (Å²) in [5, 5.41) is 0. The molecule has 16 heavy (non-hydrogen) atoms. The summed E-state index contributed by atoms with van der Waals surface area (Å²) in [5.41, 5.74) is 2.63. The van der Waals surface area contributed by atoms with Crippen LogP contribution in [-0.4, -0.2) is 13.3 Å². The molecule has 1 rings (SSSR count). The van der Waals surface area contributed by atoms with Gasteiger partial charge < -0.3 is 9.11 Å². The minimum atomic E-state index is -2.86. The Morgan fingerprint density at radius 1 is 1.12 bits per heavy atom. The number of benzene rings is 1. The van der Waals surface area contributed by atoms with Crippen molar-refractivity contribution in [2.45, 2.75) is 12.8 Å². The van der Waals surface area contributed by atoms with Crippen LogP contribution in [0.3, 0.4) is 0 Å². The molecule has 1 unspecified atom stereocenters. The van der Waals surface area contributed by atoms with Crippen molar-refractivity contribution in [1.82, 2.24) is 0 Å². The smallest absolute Gasteiger partial charge is 0.0814 e. The van der Waals surface area contributed by atoms with Crippen LogP contribution in [0.2, 0.25) is 0 Å². The van der Waals surface area contributed by atoms with Gasteiger partial charge in [0.25, 0.3) is 0 Å². The van der Waals surface area contributed by atoms with E-state index in [2.05, 4.69) is 37.4 Å². The number of allylic oxidation sites excluding steroid dienone is 2. The van der Waals surface area contributed by atoms with Gasteiger partial charge in [-0.05, 0) is 24.0 Å². The standard InChI is InChI=1S/C12H14.H2O3S/c1-3-5-11-7-9-12(6-4-2)10-8-11;1-4(2)3/h3-4,7-10H,1-2,5-6H2;(H2,1,2,3)/p-1. The predicted octanol–water partition coefficient (Wildman–Crippen LogP) is 2.48. The molecule has 1 N–H and O–H groups in total. The molecule has 0 heterocycles. The van der Waals surface area contributed by atoms with Crippen LogP contribution in [0.15, 0.2) is 49.6 Å². The molecule has 0 amide bonds. The molecule has 1 atom stereocenters. The molecule has 0 saturated heterocycles. The van der Waals surface area contributed by atoms with Crippen LogP contribution in [0, 0.1) is 0 Å². The monoisotopic (exact) mass is 239 g/mol. The highest BCUT2D eigenvalue weighted by Gasteiger charge is 1.90. The lowest BCUT2D eigenvalue weighted by atomic mass is 10.1. The Morgan fingerprint density at radius 2 is 1.38 bits per heavy atom. The van der Waals surface area contributed by atoms with Gasteiger partial charge in [-0.15, -0.1) is 13.2 Å². The van der Waals surface area contributed by atoms with E-state index in [9.17, 15) is 0 Å². The van der Waals surface area contributed by atoms with Gasteiger partial charge in [-0.2, -0.15) is 0 Å². The van der Waals surface area contributed by atoms with Crippen molar-refractivity contribution in [2.24, 2.45) is 0 Å². The largest absolute Gasteiger partial charge is 0.750 e. The van der Waals surface area contributed by atoms with Gasteiger partial charge in [0.2, 0.25) is 0 Å². The van der Waals surface area contributed by atoms with Crippen LogP contribution >= 0.6 is 0 Å². The molecule has 0 spiro atoms. The zero-order chi connectivity index (χ0) is 12.4. The summed E-state index contributed by atoms with van der Waals surface area (Å²) in [7, 11) is 0. The molecule has 0 fully saturated rings. The Bertz CT molecular complexity index is 311. The van der Waals surface area contributed by atoms with E-state index in [1.165, 1.54) is 11.1 Å². The zero-order valence-corrected chi connectivity index (χ0v) is 9.78. The number of hydrogen-bond acceptors (Lipinski definition) is 2. The van der Waals surface area contributed by atoms with E-state index in [1.54, 1.807) is 0 Å². The average Bonchev–Trinajstić information content (AvgIpc) is 2.21. The Balaban J connectivity index is 0.000000487. The summed E-state index contributed by atoms with van der Waals surface area (Å²) in [6.45, 7) is 7.40. The fourth-order valence-corrected chi connectivity index (χ4v) is 1.14. The summed E-state index contributed by atoms with van der Waals surface area (Å²) in [6, 6.07) is 8.56. The van der Waals surface area contributed by atoms with Gasteiger partial charge in [-0.3, -0.25) is 0 Å². The SMILES string of the molecule is C=CCc1ccc(CC=C)cc1.O=S([O-])O. The average molecular weight is 239 g/mol. The second-order valence-corrected chi connectivity index (χ2v) is 3.45. The first-order valence-corrected chi connectivity index (χ1v) is 5.71. The lowest BCUT2D eigenvalue weighted by Crippen LogP contribution is -1.83. The second kappa shape index (κ2) is 9.03. The summed E-state index contributed by atoms with van der Waals surface area (Å²) in [4.78, 5) is 0. The molecule has 0 aromatic heterocycles. The Morgan fingerprint density at radius 3 is 1.56 bits per heavy atom. The zero-order valence-electron chi connectivity index (χ0n) is 8.96. The number of rotatable bonds is 4. The summed E-state index contributed by atoms with van der Waals surface area (Å²) in [5.74, 6) is 0. The van der Waals surface area contributed by atoms with Crippen molar-refractivity contribution in [2.75, 3.05) is 0 Å². The van der Waals surface area contributed by atoms with Crippen LogP contribution in [-0.2, 0) is 24.2 Å². The molecular weight excluding hydrogens is 224 g/mol. The highest BCUT2D eigenvalue weighted by atomic mass is 32.2. The minimum absolute atomic E-state index is 0.953. The molecule has 0 radical (unpaired) electrons. The third-order valence-corrected chi connectivity index (χ3v) is 1.78. The Labute approximate surface area is 98.6 Å². The van der Waals surface area contributed by atoms with Gasteiger partial charge in [0.1, 0.15) is 0 Å². The van der Waals surface area contributed by atoms with E-state index in [0.717, 1.165) is 12.8 Å². The maximum absolute atomic E-state index is 8.56. The van der Waals surface area contributed by atoms with Crippen molar-refractivity contribution in [3.8, 4) is 0 Å². The molecule has 0 aliphatic carbocycles. The van der Waals surface area contributed by atoms with Gasteiger partial charge in [0.15, 0.2) is 0 Å².